The molecule has 0 spiro atoms. The van der Waals surface area contributed by atoms with Crippen molar-refractivity contribution < 1.29 is 9.59 Å². The number of carbonyl (C=O) groups is 2. The van der Waals surface area contributed by atoms with Crippen molar-refractivity contribution in [2.75, 3.05) is 6.54 Å². The lowest BCUT2D eigenvalue weighted by atomic mass is 10.0. The van der Waals surface area contributed by atoms with Crippen LogP contribution in [-0.4, -0.2) is 28.2 Å². The average molecular weight is 361 g/mol. The van der Waals surface area contributed by atoms with Gasteiger partial charge < -0.3 is 10.3 Å². The molecule has 0 bridgehead atoms. The summed E-state index contributed by atoms with van der Waals surface area (Å²) in [5, 5.41) is 2.87. The van der Waals surface area contributed by atoms with Crippen molar-refractivity contribution in [2.24, 2.45) is 0 Å². The highest BCUT2D eigenvalue weighted by molar-refractivity contribution is 5.98. The number of imidazole rings is 1. The zero-order chi connectivity index (χ0) is 18.6. The minimum Gasteiger partial charge on any atom is -0.356 e. The zero-order valence-corrected chi connectivity index (χ0v) is 15.3. The van der Waals surface area contributed by atoms with Crippen LogP contribution in [-0.2, 0) is 24.1 Å². The zero-order valence-electron chi connectivity index (χ0n) is 15.3. The van der Waals surface area contributed by atoms with Gasteiger partial charge in [-0.25, -0.2) is 4.98 Å². The maximum absolute atomic E-state index is 12.3. The second kappa shape index (κ2) is 7.74. The smallest absolute Gasteiger partial charge is 0.220 e. The molecule has 5 heteroatoms. The molecule has 4 rings (SSSR count). The number of aryl methyl sites for hydroxylation is 2. The molecule has 0 fully saturated rings. The molecule has 0 atom stereocenters. The van der Waals surface area contributed by atoms with Gasteiger partial charge in [0, 0.05) is 31.4 Å². The van der Waals surface area contributed by atoms with Crippen LogP contribution in [0.2, 0.25) is 0 Å². The molecule has 138 valence electrons. The van der Waals surface area contributed by atoms with Crippen molar-refractivity contribution in [1.82, 2.24) is 15.3 Å². The Morgan fingerprint density at radius 1 is 1.04 bits per heavy atom. The van der Waals surface area contributed by atoms with E-state index in [1.807, 2.05) is 36.4 Å². The number of aromatic amines is 1. The molecule has 27 heavy (non-hydrogen) atoms. The first-order valence-electron chi connectivity index (χ1n) is 9.54. The molecule has 1 aromatic heterocycles. The molecule has 0 saturated carbocycles. The van der Waals surface area contributed by atoms with Crippen LogP contribution in [0.4, 0.5) is 0 Å². The summed E-state index contributed by atoms with van der Waals surface area (Å²) in [4.78, 5) is 32.1. The molecule has 0 unspecified atom stereocenters. The number of fused-ring (bicyclic) bond motifs is 2. The van der Waals surface area contributed by atoms with Crippen molar-refractivity contribution in [3.05, 3.63) is 65.0 Å². The molecular formula is C22H23N3O2. The Morgan fingerprint density at radius 3 is 2.78 bits per heavy atom. The van der Waals surface area contributed by atoms with E-state index in [0.717, 1.165) is 35.3 Å². The summed E-state index contributed by atoms with van der Waals surface area (Å²) in [5.41, 5.74) is 5.30. The average Bonchev–Trinajstić information content (AvgIpc) is 3.31. The number of amides is 1. The summed E-state index contributed by atoms with van der Waals surface area (Å²) < 4.78 is 0. The fourth-order valence-corrected chi connectivity index (χ4v) is 3.65. The lowest BCUT2D eigenvalue weighted by molar-refractivity contribution is -0.121. The third-order valence-corrected chi connectivity index (χ3v) is 5.12. The van der Waals surface area contributed by atoms with Crippen LogP contribution in [0, 0.1) is 0 Å². The minimum absolute atomic E-state index is 0.0390. The van der Waals surface area contributed by atoms with Crippen LogP contribution in [0.15, 0.2) is 42.5 Å². The van der Waals surface area contributed by atoms with Crippen molar-refractivity contribution in [2.45, 2.75) is 38.5 Å². The molecule has 2 N–H and O–H groups in total. The largest absolute Gasteiger partial charge is 0.356 e. The molecule has 1 amide bonds. The Bertz CT molecular complexity index is 957. The van der Waals surface area contributed by atoms with Gasteiger partial charge in [-0.05, 0) is 48.6 Å². The van der Waals surface area contributed by atoms with E-state index in [-0.39, 0.29) is 24.5 Å². The molecule has 0 radical (unpaired) electrons. The minimum atomic E-state index is -0.0966. The standard InChI is InChI=1S/C22H23N3O2/c26-20(17-9-8-15-4-3-5-16(15)14-17)10-11-22(27)23-13-12-21-24-18-6-1-2-7-19(18)25-21/h1-2,6-9,14H,3-5,10-13H2,(H,23,27)(H,24,25). The number of aromatic nitrogens is 2. The molecule has 1 heterocycles. The van der Waals surface area contributed by atoms with Crippen LogP contribution in [0.5, 0.6) is 0 Å². The summed E-state index contributed by atoms with van der Waals surface area (Å²) in [7, 11) is 0. The van der Waals surface area contributed by atoms with Crippen LogP contribution < -0.4 is 5.32 Å². The number of H-pyrrole nitrogens is 1. The number of nitrogens with one attached hydrogen (secondary N) is 2. The number of hydrogen-bond acceptors (Lipinski definition) is 3. The molecule has 0 saturated heterocycles. The number of carbonyl (C=O) groups excluding carboxylic acids is 2. The van der Waals surface area contributed by atoms with Gasteiger partial charge in [0.1, 0.15) is 5.82 Å². The van der Waals surface area contributed by atoms with Crippen molar-refractivity contribution in [3.63, 3.8) is 0 Å². The number of rotatable bonds is 7. The summed E-state index contributed by atoms with van der Waals surface area (Å²) in [6, 6.07) is 13.8. The third-order valence-electron chi connectivity index (χ3n) is 5.12. The highest BCUT2D eigenvalue weighted by Gasteiger charge is 2.15. The third kappa shape index (κ3) is 4.08. The van der Waals surface area contributed by atoms with Gasteiger partial charge in [-0.2, -0.15) is 0 Å². The number of Topliss-reactive ketones (excluding diaryl/α,β-unsaturated/α-hetero) is 1. The predicted octanol–water partition coefficient (Wildman–Crippen LogP) is 3.37. The van der Waals surface area contributed by atoms with Gasteiger partial charge in [-0.3, -0.25) is 9.59 Å². The van der Waals surface area contributed by atoms with E-state index in [9.17, 15) is 9.59 Å². The van der Waals surface area contributed by atoms with Crippen LogP contribution in [0.25, 0.3) is 11.0 Å². The van der Waals surface area contributed by atoms with E-state index < -0.39 is 0 Å². The van der Waals surface area contributed by atoms with Gasteiger partial charge in [0.25, 0.3) is 0 Å². The van der Waals surface area contributed by atoms with E-state index in [4.69, 9.17) is 0 Å². The topological polar surface area (TPSA) is 74.8 Å². The Morgan fingerprint density at radius 2 is 1.89 bits per heavy atom. The van der Waals surface area contributed by atoms with Gasteiger partial charge in [-0.15, -0.1) is 0 Å². The normalized spacial score (nSPS) is 12.9. The van der Waals surface area contributed by atoms with Crippen molar-refractivity contribution in [3.8, 4) is 0 Å². The SMILES string of the molecule is O=C(CCC(=O)c1ccc2c(c1)CCC2)NCCc1nc2ccccc2[nH]1. The summed E-state index contributed by atoms with van der Waals surface area (Å²) in [6.07, 6.45) is 4.43. The number of benzene rings is 2. The van der Waals surface area contributed by atoms with Gasteiger partial charge in [0.05, 0.1) is 11.0 Å². The molecule has 0 aliphatic heterocycles. The first-order chi connectivity index (χ1) is 13.2. The van der Waals surface area contributed by atoms with E-state index in [1.54, 1.807) is 0 Å². The van der Waals surface area contributed by atoms with Crippen LogP contribution in [0.1, 0.15) is 46.6 Å². The number of nitrogens with zero attached hydrogens (tertiary/aromatic N) is 1. The maximum atomic E-state index is 12.3. The van der Waals surface area contributed by atoms with E-state index in [0.29, 0.717) is 13.0 Å². The number of ketones is 1. The highest BCUT2D eigenvalue weighted by Crippen LogP contribution is 2.23. The van der Waals surface area contributed by atoms with Gasteiger partial charge in [0.15, 0.2) is 5.78 Å². The summed E-state index contributed by atoms with van der Waals surface area (Å²) in [6.45, 7) is 0.506. The van der Waals surface area contributed by atoms with Crippen LogP contribution in [0.3, 0.4) is 0 Å². The first kappa shape index (κ1) is 17.5. The van der Waals surface area contributed by atoms with E-state index >= 15 is 0 Å². The Hall–Kier alpha value is -2.95. The molecule has 2 aromatic carbocycles. The fourth-order valence-electron chi connectivity index (χ4n) is 3.65. The van der Waals surface area contributed by atoms with Gasteiger partial charge in [0.2, 0.25) is 5.91 Å². The fraction of sp³-hybridized carbons (Fsp3) is 0.318. The Balaban J connectivity index is 1.23. The Kier molecular flexibility index (Phi) is 5.01. The van der Waals surface area contributed by atoms with E-state index in [1.165, 1.54) is 17.5 Å². The Labute approximate surface area is 158 Å². The second-order valence-corrected chi connectivity index (χ2v) is 7.06. The van der Waals surface area contributed by atoms with Crippen molar-refractivity contribution >= 4 is 22.7 Å². The lowest BCUT2D eigenvalue weighted by Crippen LogP contribution is -2.26. The molecule has 1 aliphatic carbocycles. The van der Waals surface area contributed by atoms with E-state index in [2.05, 4.69) is 21.4 Å². The lowest BCUT2D eigenvalue weighted by Gasteiger charge is -2.06. The molecular weight excluding hydrogens is 338 g/mol. The van der Waals surface area contributed by atoms with Gasteiger partial charge in [-0.1, -0.05) is 24.3 Å². The van der Waals surface area contributed by atoms with Crippen molar-refractivity contribution in [1.29, 1.82) is 0 Å². The first-order valence-corrected chi connectivity index (χ1v) is 9.54. The number of para-hydroxylation sites is 2. The molecule has 5 nitrogen and oxygen atoms in total. The van der Waals surface area contributed by atoms with Crippen LogP contribution >= 0.6 is 0 Å². The summed E-state index contributed by atoms with van der Waals surface area (Å²) in [5.74, 6) is 0.795. The number of hydrogen-bond donors (Lipinski definition) is 2. The molecule has 1 aliphatic rings. The monoisotopic (exact) mass is 361 g/mol. The predicted molar refractivity (Wildman–Crippen MR) is 105 cm³/mol. The highest BCUT2D eigenvalue weighted by atomic mass is 16.2. The molecule has 3 aromatic rings. The quantitative estimate of drug-likeness (QED) is 0.634. The second-order valence-electron chi connectivity index (χ2n) is 7.06. The van der Waals surface area contributed by atoms with Gasteiger partial charge >= 0.3 is 0 Å². The summed E-state index contributed by atoms with van der Waals surface area (Å²) >= 11 is 0. The maximum Gasteiger partial charge on any atom is 0.220 e.